The van der Waals surface area contributed by atoms with Crippen molar-refractivity contribution in [1.82, 2.24) is 5.16 Å². The summed E-state index contributed by atoms with van der Waals surface area (Å²) >= 11 is 4.67. The van der Waals surface area contributed by atoms with Crippen LogP contribution >= 0.6 is 27.3 Å². The molecule has 1 atom stereocenters. The Hall–Kier alpha value is -2.71. The van der Waals surface area contributed by atoms with Gasteiger partial charge in [0.05, 0.1) is 16.5 Å². The molecular weight excluding hydrogens is 432 g/mol. The standard InChI is InChI=1S/C19H13BrN2O4S/c1-10-8-14(21-26-10)22-16(11-4-2-5-12(20)9-11)15(18(24)19(22)25)17(23)13-6-3-7-27-13/h2-9,16,24H,1H3/t16-/m0/s1. The molecule has 3 heterocycles. The number of carbonyl (C=O) groups excluding carboxylic acids is 2. The number of carbonyl (C=O) groups is 2. The lowest BCUT2D eigenvalue weighted by molar-refractivity contribution is -0.117. The van der Waals surface area contributed by atoms with Crippen molar-refractivity contribution >= 4 is 44.8 Å². The Bertz CT molecular complexity index is 1070. The summed E-state index contributed by atoms with van der Waals surface area (Å²) in [5.74, 6) is -0.887. The molecule has 8 heteroatoms. The van der Waals surface area contributed by atoms with E-state index in [9.17, 15) is 14.7 Å². The molecule has 0 spiro atoms. The first-order valence-corrected chi connectivity index (χ1v) is 9.68. The molecule has 0 saturated carbocycles. The Kier molecular flexibility index (Phi) is 4.45. The molecule has 0 aliphatic carbocycles. The number of aryl methyl sites for hydroxylation is 1. The molecule has 0 saturated heterocycles. The zero-order valence-electron chi connectivity index (χ0n) is 14.0. The van der Waals surface area contributed by atoms with Gasteiger partial charge in [-0.05, 0) is 36.1 Å². The molecule has 0 radical (unpaired) electrons. The third-order valence-electron chi connectivity index (χ3n) is 4.22. The Labute approximate surface area is 166 Å². The van der Waals surface area contributed by atoms with E-state index in [-0.39, 0.29) is 17.2 Å². The monoisotopic (exact) mass is 444 g/mol. The number of ketones is 1. The van der Waals surface area contributed by atoms with Crippen LogP contribution in [0.2, 0.25) is 0 Å². The molecule has 1 N–H and O–H groups in total. The van der Waals surface area contributed by atoms with Crippen molar-refractivity contribution in [1.29, 1.82) is 0 Å². The van der Waals surface area contributed by atoms with Gasteiger partial charge in [0.2, 0.25) is 5.78 Å². The number of hydrogen-bond acceptors (Lipinski definition) is 6. The van der Waals surface area contributed by atoms with Gasteiger partial charge in [0, 0.05) is 10.5 Å². The number of aliphatic hydroxyl groups is 1. The van der Waals surface area contributed by atoms with Crippen molar-refractivity contribution < 1.29 is 19.2 Å². The number of amides is 1. The number of rotatable bonds is 4. The Morgan fingerprint density at radius 2 is 2.11 bits per heavy atom. The largest absolute Gasteiger partial charge is 0.503 e. The van der Waals surface area contributed by atoms with Gasteiger partial charge in [0.25, 0.3) is 5.91 Å². The minimum atomic E-state index is -0.811. The fourth-order valence-electron chi connectivity index (χ4n) is 3.07. The topological polar surface area (TPSA) is 83.6 Å². The maximum absolute atomic E-state index is 13.1. The highest BCUT2D eigenvalue weighted by atomic mass is 79.9. The fraction of sp³-hybridized carbons (Fsp3) is 0.105. The molecular formula is C19H13BrN2O4S. The van der Waals surface area contributed by atoms with Gasteiger partial charge in [-0.2, -0.15) is 0 Å². The first-order valence-electron chi connectivity index (χ1n) is 8.01. The van der Waals surface area contributed by atoms with Crippen LogP contribution in [-0.4, -0.2) is 22.0 Å². The van der Waals surface area contributed by atoms with E-state index in [2.05, 4.69) is 21.1 Å². The lowest BCUT2D eigenvalue weighted by Crippen LogP contribution is -2.31. The summed E-state index contributed by atoms with van der Waals surface area (Å²) in [7, 11) is 0. The van der Waals surface area contributed by atoms with Crippen LogP contribution < -0.4 is 4.90 Å². The van der Waals surface area contributed by atoms with Crippen molar-refractivity contribution in [2.45, 2.75) is 13.0 Å². The first kappa shape index (κ1) is 17.7. The molecule has 1 aliphatic rings. The molecule has 4 rings (SSSR count). The van der Waals surface area contributed by atoms with E-state index < -0.39 is 17.7 Å². The predicted octanol–water partition coefficient (Wildman–Crippen LogP) is 4.59. The lowest BCUT2D eigenvalue weighted by atomic mass is 9.95. The highest BCUT2D eigenvalue weighted by Gasteiger charge is 2.46. The zero-order chi connectivity index (χ0) is 19.1. The third-order valence-corrected chi connectivity index (χ3v) is 5.59. The number of thiophene rings is 1. The Morgan fingerprint density at radius 1 is 1.30 bits per heavy atom. The third kappa shape index (κ3) is 3.00. The molecule has 27 heavy (non-hydrogen) atoms. The number of aliphatic hydroxyl groups excluding tert-OH is 1. The number of anilines is 1. The van der Waals surface area contributed by atoms with Crippen LogP contribution in [0.25, 0.3) is 0 Å². The zero-order valence-corrected chi connectivity index (χ0v) is 16.5. The molecule has 0 fully saturated rings. The van der Waals surface area contributed by atoms with Crippen LogP contribution in [0.4, 0.5) is 5.82 Å². The van der Waals surface area contributed by atoms with Crippen molar-refractivity contribution in [3.8, 4) is 0 Å². The summed E-state index contributed by atoms with van der Waals surface area (Å²) in [6, 6.07) is 11.4. The van der Waals surface area contributed by atoms with Crippen molar-refractivity contribution in [2.24, 2.45) is 0 Å². The normalized spacial score (nSPS) is 17.0. The number of benzene rings is 1. The maximum atomic E-state index is 13.1. The summed E-state index contributed by atoms with van der Waals surface area (Å²) in [4.78, 5) is 27.6. The van der Waals surface area contributed by atoms with Crippen molar-refractivity contribution in [3.63, 3.8) is 0 Å². The minimum absolute atomic E-state index is 0.0289. The van der Waals surface area contributed by atoms with E-state index in [4.69, 9.17) is 4.52 Å². The number of Topliss-reactive ketones (excluding diaryl/α,β-unsaturated/α-hetero) is 1. The van der Waals surface area contributed by atoms with Crippen molar-refractivity contribution in [2.75, 3.05) is 4.90 Å². The van der Waals surface area contributed by atoms with Gasteiger partial charge in [0.1, 0.15) is 5.76 Å². The summed E-state index contributed by atoms with van der Waals surface area (Å²) in [5.41, 5.74) is 0.698. The van der Waals surface area contributed by atoms with Gasteiger partial charge in [-0.3, -0.25) is 14.5 Å². The molecule has 0 bridgehead atoms. The van der Waals surface area contributed by atoms with E-state index in [1.54, 1.807) is 48.7 Å². The second-order valence-corrected chi connectivity index (χ2v) is 7.86. The van der Waals surface area contributed by atoms with Crippen LogP contribution in [0.1, 0.15) is 27.0 Å². The summed E-state index contributed by atoms with van der Waals surface area (Å²) in [6.45, 7) is 1.70. The first-order chi connectivity index (χ1) is 13.0. The molecule has 1 aromatic carbocycles. The van der Waals surface area contributed by atoms with Gasteiger partial charge in [0.15, 0.2) is 11.6 Å². The molecule has 0 unspecified atom stereocenters. The SMILES string of the molecule is Cc1cc(N2C(=O)C(O)=C(C(=O)c3cccs3)[C@@H]2c2cccc(Br)c2)no1. The number of halogens is 1. The second-order valence-electron chi connectivity index (χ2n) is 6.00. The van der Waals surface area contributed by atoms with Gasteiger partial charge in [-0.25, -0.2) is 0 Å². The van der Waals surface area contributed by atoms with Crippen LogP contribution in [0.3, 0.4) is 0 Å². The number of hydrogen-bond donors (Lipinski definition) is 1. The van der Waals surface area contributed by atoms with E-state index in [0.717, 1.165) is 4.47 Å². The Morgan fingerprint density at radius 3 is 2.74 bits per heavy atom. The smallest absolute Gasteiger partial charge is 0.295 e. The Balaban J connectivity index is 1.89. The van der Waals surface area contributed by atoms with Gasteiger partial charge < -0.3 is 9.63 Å². The van der Waals surface area contributed by atoms with Crippen LogP contribution in [0.15, 0.2) is 68.2 Å². The second kappa shape index (κ2) is 6.79. The predicted molar refractivity (Wildman–Crippen MR) is 104 cm³/mol. The van der Waals surface area contributed by atoms with Gasteiger partial charge in [-0.15, -0.1) is 11.3 Å². The fourth-order valence-corrected chi connectivity index (χ4v) is 4.17. The minimum Gasteiger partial charge on any atom is -0.503 e. The number of nitrogens with zero attached hydrogens (tertiary/aromatic N) is 2. The molecule has 136 valence electrons. The van der Waals surface area contributed by atoms with Crippen molar-refractivity contribution in [3.05, 3.63) is 79.9 Å². The molecule has 1 aliphatic heterocycles. The van der Waals surface area contributed by atoms with E-state index in [1.807, 2.05) is 6.07 Å². The van der Waals surface area contributed by atoms with Crippen LogP contribution in [0, 0.1) is 6.92 Å². The summed E-state index contributed by atoms with van der Waals surface area (Å²) in [5, 5.41) is 16.2. The lowest BCUT2D eigenvalue weighted by Gasteiger charge is -2.24. The summed E-state index contributed by atoms with van der Waals surface area (Å²) < 4.78 is 5.89. The van der Waals surface area contributed by atoms with Crippen LogP contribution in [-0.2, 0) is 4.79 Å². The van der Waals surface area contributed by atoms with Gasteiger partial charge in [-0.1, -0.05) is 39.3 Å². The molecule has 3 aromatic rings. The molecule has 6 nitrogen and oxygen atoms in total. The van der Waals surface area contributed by atoms with E-state index in [0.29, 0.717) is 16.2 Å². The molecule has 1 amide bonds. The summed E-state index contributed by atoms with van der Waals surface area (Å²) in [6.07, 6.45) is 0. The maximum Gasteiger partial charge on any atom is 0.295 e. The highest BCUT2D eigenvalue weighted by Crippen LogP contribution is 2.42. The average Bonchev–Trinajstić information content (AvgIpc) is 3.36. The quantitative estimate of drug-likeness (QED) is 0.594. The van der Waals surface area contributed by atoms with E-state index >= 15 is 0 Å². The number of aromatic nitrogens is 1. The average molecular weight is 445 g/mol. The van der Waals surface area contributed by atoms with Gasteiger partial charge >= 0.3 is 0 Å². The molecule has 2 aromatic heterocycles. The van der Waals surface area contributed by atoms with Crippen LogP contribution in [0.5, 0.6) is 0 Å². The van der Waals surface area contributed by atoms with E-state index in [1.165, 1.54) is 16.2 Å². The highest BCUT2D eigenvalue weighted by molar-refractivity contribution is 9.10.